The Morgan fingerprint density at radius 3 is 2.58 bits per heavy atom. The third-order valence-electron chi connectivity index (χ3n) is 3.16. The average Bonchev–Trinajstić information content (AvgIpc) is 2.42. The average molecular weight is 263 g/mol. The molecule has 0 aliphatic heterocycles. The predicted octanol–water partition coefficient (Wildman–Crippen LogP) is 3.16. The van der Waals surface area contributed by atoms with Crippen molar-refractivity contribution in [3.8, 4) is 0 Å². The third kappa shape index (κ3) is 4.54. The maximum absolute atomic E-state index is 12.4. The molecule has 0 aliphatic carbocycles. The zero-order valence-electron chi connectivity index (χ0n) is 12.4. The fraction of sp³-hybridized carbons (Fsp3) is 0.600. The van der Waals surface area contributed by atoms with Crippen LogP contribution in [0.15, 0.2) is 18.3 Å². The summed E-state index contributed by atoms with van der Waals surface area (Å²) in [5.41, 5.74) is 1.43. The van der Waals surface area contributed by atoms with Crippen LogP contribution in [0.1, 0.15) is 50.5 Å². The van der Waals surface area contributed by atoms with Crippen LogP contribution < -0.4 is 5.32 Å². The molecule has 4 nitrogen and oxygen atoms in total. The van der Waals surface area contributed by atoms with Gasteiger partial charge in [-0.2, -0.15) is 0 Å². The standard InChI is InChI=1S/C15H25N3O/c1-5-6-7-10-18(12(2)3)15(19)14-9-8-13(16-4)11-17-14/h8-9,11-12,16H,5-7,10H2,1-4H3. The van der Waals surface area contributed by atoms with Crippen molar-refractivity contribution in [2.45, 2.75) is 46.1 Å². The number of aromatic nitrogens is 1. The molecule has 1 aromatic heterocycles. The first-order valence-corrected chi connectivity index (χ1v) is 7.05. The van der Waals surface area contributed by atoms with Crippen molar-refractivity contribution < 1.29 is 4.79 Å². The normalized spacial score (nSPS) is 10.6. The van der Waals surface area contributed by atoms with Crippen LogP contribution in [0, 0.1) is 0 Å². The van der Waals surface area contributed by atoms with Crippen LogP contribution in [0.25, 0.3) is 0 Å². The molecule has 0 spiro atoms. The molecule has 1 aromatic rings. The number of hydrogen-bond donors (Lipinski definition) is 1. The minimum atomic E-state index is 0.0220. The van der Waals surface area contributed by atoms with Gasteiger partial charge in [-0.05, 0) is 32.4 Å². The van der Waals surface area contributed by atoms with E-state index in [0.29, 0.717) is 5.69 Å². The number of anilines is 1. The molecule has 0 saturated carbocycles. The summed E-state index contributed by atoms with van der Waals surface area (Å²) >= 11 is 0. The van der Waals surface area contributed by atoms with Crippen LogP contribution in [0.4, 0.5) is 5.69 Å². The summed E-state index contributed by atoms with van der Waals surface area (Å²) in [7, 11) is 1.84. The molecule has 1 N–H and O–H groups in total. The molecule has 0 radical (unpaired) electrons. The van der Waals surface area contributed by atoms with Crippen LogP contribution in [-0.2, 0) is 0 Å². The van der Waals surface area contributed by atoms with E-state index in [2.05, 4.69) is 17.2 Å². The van der Waals surface area contributed by atoms with Crippen molar-refractivity contribution in [2.75, 3.05) is 18.9 Å². The third-order valence-corrected chi connectivity index (χ3v) is 3.16. The summed E-state index contributed by atoms with van der Waals surface area (Å²) in [5, 5.41) is 3.00. The Morgan fingerprint density at radius 2 is 2.11 bits per heavy atom. The van der Waals surface area contributed by atoms with Crippen molar-refractivity contribution in [1.29, 1.82) is 0 Å². The fourth-order valence-electron chi connectivity index (χ4n) is 1.94. The van der Waals surface area contributed by atoms with E-state index in [9.17, 15) is 4.79 Å². The van der Waals surface area contributed by atoms with E-state index in [1.165, 1.54) is 0 Å². The lowest BCUT2D eigenvalue weighted by Crippen LogP contribution is -2.38. The number of carbonyl (C=O) groups is 1. The minimum absolute atomic E-state index is 0.0220. The quantitative estimate of drug-likeness (QED) is 0.769. The van der Waals surface area contributed by atoms with Gasteiger partial charge in [0.25, 0.3) is 5.91 Å². The molecule has 19 heavy (non-hydrogen) atoms. The maximum atomic E-state index is 12.4. The van der Waals surface area contributed by atoms with Gasteiger partial charge in [-0.1, -0.05) is 19.8 Å². The number of carbonyl (C=O) groups excluding carboxylic acids is 1. The number of unbranched alkanes of at least 4 members (excludes halogenated alkanes) is 2. The van der Waals surface area contributed by atoms with E-state index in [4.69, 9.17) is 0 Å². The van der Waals surface area contributed by atoms with E-state index < -0.39 is 0 Å². The molecule has 0 unspecified atom stereocenters. The Balaban J connectivity index is 2.74. The topological polar surface area (TPSA) is 45.2 Å². The molecule has 0 fully saturated rings. The van der Waals surface area contributed by atoms with Gasteiger partial charge in [0, 0.05) is 19.6 Å². The Morgan fingerprint density at radius 1 is 1.37 bits per heavy atom. The highest BCUT2D eigenvalue weighted by Crippen LogP contribution is 2.11. The molecule has 1 rings (SSSR count). The van der Waals surface area contributed by atoms with E-state index in [0.717, 1.165) is 31.5 Å². The van der Waals surface area contributed by atoms with Gasteiger partial charge >= 0.3 is 0 Å². The fourth-order valence-corrected chi connectivity index (χ4v) is 1.94. The lowest BCUT2D eigenvalue weighted by atomic mass is 10.2. The molecule has 0 atom stereocenters. The smallest absolute Gasteiger partial charge is 0.272 e. The van der Waals surface area contributed by atoms with Gasteiger partial charge in [0.15, 0.2) is 0 Å². The van der Waals surface area contributed by atoms with Crippen molar-refractivity contribution in [1.82, 2.24) is 9.88 Å². The van der Waals surface area contributed by atoms with Crippen molar-refractivity contribution in [3.63, 3.8) is 0 Å². The molecule has 4 heteroatoms. The summed E-state index contributed by atoms with van der Waals surface area (Å²) in [5.74, 6) is 0.0220. The lowest BCUT2D eigenvalue weighted by Gasteiger charge is -2.26. The Kier molecular flexibility index (Phi) is 6.33. The summed E-state index contributed by atoms with van der Waals surface area (Å²) in [4.78, 5) is 18.6. The van der Waals surface area contributed by atoms with Crippen molar-refractivity contribution in [3.05, 3.63) is 24.0 Å². The number of nitrogens with zero attached hydrogens (tertiary/aromatic N) is 2. The lowest BCUT2D eigenvalue weighted by molar-refractivity contribution is 0.0696. The highest BCUT2D eigenvalue weighted by atomic mass is 16.2. The zero-order valence-corrected chi connectivity index (χ0v) is 12.4. The van der Waals surface area contributed by atoms with E-state index in [1.54, 1.807) is 12.3 Å². The Hall–Kier alpha value is -1.58. The number of rotatable bonds is 7. The molecule has 0 aliphatic rings. The summed E-state index contributed by atoms with van der Waals surface area (Å²) in [6.07, 6.45) is 5.06. The predicted molar refractivity (Wildman–Crippen MR) is 79.5 cm³/mol. The molecule has 0 aromatic carbocycles. The Labute approximate surface area is 116 Å². The molecule has 106 valence electrons. The second-order valence-electron chi connectivity index (χ2n) is 4.98. The first kappa shape index (κ1) is 15.5. The largest absolute Gasteiger partial charge is 0.387 e. The summed E-state index contributed by atoms with van der Waals surface area (Å²) in [6.45, 7) is 7.07. The number of pyridine rings is 1. The van der Waals surface area contributed by atoms with Crippen LogP contribution in [-0.4, -0.2) is 35.4 Å². The highest BCUT2D eigenvalue weighted by molar-refractivity contribution is 5.92. The van der Waals surface area contributed by atoms with Crippen molar-refractivity contribution in [2.24, 2.45) is 0 Å². The maximum Gasteiger partial charge on any atom is 0.272 e. The van der Waals surface area contributed by atoms with Gasteiger partial charge in [0.1, 0.15) is 5.69 Å². The summed E-state index contributed by atoms with van der Waals surface area (Å²) < 4.78 is 0. The molecule has 1 amide bonds. The van der Waals surface area contributed by atoms with Crippen LogP contribution >= 0.6 is 0 Å². The van der Waals surface area contributed by atoms with Crippen LogP contribution in [0.5, 0.6) is 0 Å². The molecule has 0 saturated heterocycles. The van der Waals surface area contributed by atoms with E-state index in [1.807, 2.05) is 31.9 Å². The molecular weight excluding hydrogens is 238 g/mol. The van der Waals surface area contributed by atoms with Crippen LogP contribution in [0.2, 0.25) is 0 Å². The summed E-state index contributed by atoms with van der Waals surface area (Å²) in [6, 6.07) is 3.86. The first-order valence-electron chi connectivity index (χ1n) is 7.05. The number of hydrogen-bond acceptors (Lipinski definition) is 3. The zero-order chi connectivity index (χ0) is 14.3. The van der Waals surface area contributed by atoms with Gasteiger partial charge in [-0.25, -0.2) is 4.98 Å². The molecular formula is C15H25N3O. The van der Waals surface area contributed by atoms with E-state index >= 15 is 0 Å². The number of amides is 1. The van der Waals surface area contributed by atoms with E-state index in [-0.39, 0.29) is 11.9 Å². The highest BCUT2D eigenvalue weighted by Gasteiger charge is 2.19. The minimum Gasteiger partial charge on any atom is -0.387 e. The molecule has 1 heterocycles. The second-order valence-corrected chi connectivity index (χ2v) is 4.98. The SMILES string of the molecule is CCCCCN(C(=O)c1ccc(NC)cn1)C(C)C. The van der Waals surface area contributed by atoms with Crippen LogP contribution in [0.3, 0.4) is 0 Å². The van der Waals surface area contributed by atoms with Crippen molar-refractivity contribution >= 4 is 11.6 Å². The van der Waals surface area contributed by atoms with Gasteiger partial charge < -0.3 is 10.2 Å². The van der Waals surface area contributed by atoms with Gasteiger partial charge in [-0.15, -0.1) is 0 Å². The monoisotopic (exact) mass is 263 g/mol. The number of nitrogens with one attached hydrogen (secondary N) is 1. The van der Waals surface area contributed by atoms with Gasteiger partial charge in [0.2, 0.25) is 0 Å². The molecule has 0 bridgehead atoms. The van der Waals surface area contributed by atoms with Gasteiger partial charge in [-0.3, -0.25) is 4.79 Å². The Bertz CT molecular complexity index is 387. The second kappa shape index (κ2) is 7.77. The first-order chi connectivity index (χ1) is 9.10. The van der Waals surface area contributed by atoms with Gasteiger partial charge in [0.05, 0.1) is 11.9 Å².